The van der Waals surface area contributed by atoms with E-state index in [-0.39, 0.29) is 17.8 Å². The van der Waals surface area contributed by atoms with E-state index in [0.29, 0.717) is 12.1 Å². The highest BCUT2D eigenvalue weighted by molar-refractivity contribution is 5.94. The van der Waals surface area contributed by atoms with E-state index < -0.39 is 0 Å². The Morgan fingerprint density at radius 2 is 2.00 bits per heavy atom. The standard InChI is InChI=1S/C16H20FNO2/c1-4-14-9-15(20-3)11(2)16(19)18(14)10-12-5-7-13(17)8-6-12/h5-8,14H,4,9-10H2,1-3H3. The van der Waals surface area contributed by atoms with Crippen molar-refractivity contribution in [2.45, 2.75) is 39.3 Å². The Morgan fingerprint density at radius 1 is 1.35 bits per heavy atom. The number of amides is 1. The van der Waals surface area contributed by atoms with Crippen LogP contribution in [0.3, 0.4) is 0 Å². The van der Waals surface area contributed by atoms with Crippen LogP contribution >= 0.6 is 0 Å². The van der Waals surface area contributed by atoms with E-state index in [2.05, 4.69) is 6.92 Å². The van der Waals surface area contributed by atoms with Crippen LogP contribution in [0, 0.1) is 5.82 Å². The summed E-state index contributed by atoms with van der Waals surface area (Å²) in [4.78, 5) is 14.3. The Balaban J connectivity index is 2.23. The van der Waals surface area contributed by atoms with Gasteiger partial charge in [-0.1, -0.05) is 19.1 Å². The predicted molar refractivity (Wildman–Crippen MR) is 75.4 cm³/mol. The first-order valence-electron chi connectivity index (χ1n) is 6.86. The molecule has 2 rings (SSSR count). The monoisotopic (exact) mass is 277 g/mol. The Hall–Kier alpha value is -1.84. The first-order chi connectivity index (χ1) is 9.56. The molecule has 1 aliphatic heterocycles. The highest BCUT2D eigenvalue weighted by Crippen LogP contribution is 2.28. The van der Waals surface area contributed by atoms with E-state index >= 15 is 0 Å². The summed E-state index contributed by atoms with van der Waals surface area (Å²) in [6.07, 6.45) is 1.61. The molecule has 0 saturated carbocycles. The molecule has 1 unspecified atom stereocenters. The average molecular weight is 277 g/mol. The number of rotatable bonds is 4. The van der Waals surface area contributed by atoms with Crippen molar-refractivity contribution in [3.63, 3.8) is 0 Å². The van der Waals surface area contributed by atoms with Gasteiger partial charge in [-0.05, 0) is 31.0 Å². The number of benzene rings is 1. The van der Waals surface area contributed by atoms with Crippen LogP contribution in [0.4, 0.5) is 4.39 Å². The van der Waals surface area contributed by atoms with Crippen molar-refractivity contribution in [1.29, 1.82) is 0 Å². The number of ether oxygens (including phenoxy) is 1. The smallest absolute Gasteiger partial charge is 0.253 e. The Morgan fingerprint density at radius 3 is 2.55 bits per heavy atom. The van der Waals surface area contributed by atoms with Crippen LogP contribution in [-0.4, -0.2) is 24.0 Å². The van der Waals surface area contributed by atoms with Crippen molar-refractivity contribution in [2.24, 2.45) is 0 Å². The number of nitrogens with zero attached hydrogens (tertiary/aromatic N) is 1. The van der Waals surface area contributed by atoms with Gasteiger partial charge < -0.3 is 9.64 Å². The molecule has 0 spiro atoms. The SMILES string of the molecule is CCC1CC(OC)=C(C)C(=O)N1Cc1ccc(F)cc1. The highest BCUT2D eigenvalue weighted by atomic mass is 19.1. The normalized spacial score (nSPS) is 19.5. The largest absolute Gasteiger partial charge is 0.501 e. The van der Waals surface area contributed by atoms with E-state index in [4.69, 9.17) is 4.74 Å². The summed E-state index contributed by atoms with van der Waals surface area (Å²) in [6.45, 7) is 4.36. The zero-order valence-electron chi connectivity index (χ0n) is 12.1. The van der Waals surface area contributed by atoms with Crippen molar-refractivity contribution >= 4 is 5.91 Å². The van der Waals surface area contributed by atoms with Crippen LogP contribution in [0.1, 0.15) is 32.3 Å². The summed E-state index contributed by atoms with van der Waals surface area (Å²) in [5.41, 5.74) is 1.60. The van der Waals surface area contributed by atoms with Crippen molar-refractivity contribution < 1.29 is 13.9 Å². The minimum Gasteiger partial charge on any atom is -0.501 e. The third kappa shape index (κ3) is 2.84. The second-order valence-corrected chi connectivity index (χ2v) is 5.08. The molecule has 4 heteroatoms. The van der Waals surface area contributed by atoms with Gasteiger partial charge in [0.2, 0.25) is 0 Å². The molecule has 0 bridgehead atoms. The first kappa shape index (κ1) is 14.6. The van der Waals surface area contributed by atoms with Gasteiger partial charge in [0.25, 0.3) is 5.91 Å². The van der Waals surface area contributed by atoms with E-state index in [0.717, 1.165) is 24.2 Å². The van der Waals surface area contributed by atoms with Crippen molar-refractivity contribution in [3.05, 3.63) is 47.0 Å². The van der Waals surface area contributed by atoms with Gasteiger partial charge in [0.15, 0.2) is 0 Å². The van der Waals surface area contributed by atoms with Crippen LogP contribution in [0.15, 0.2) is 35.6 Å². The van der Waals surface area contributed by atoms with Crippen LogP contribution in [-0.2, 0) is 16.1 Å². The molecule has 0 N–H and O–H groups in total. The van der Waals surface area contributed by atoms with E-state index in [1.165, 1.54) is 12.1 Å². The fraction of sp³-hybridized carbons (Fsp3) is 0.438. The molecule has 1 aromatic rings. The molecule has 20 heavy (non-hydrogen) atoms. The highest BCUT2D eigenvalue weighted by Gasteiger charge is 2.31. The number of hydrogen-bond donors (Lipinski definition) is 0. The summed E-state index contributed by atoms with van der Waals surface area (Å²) in [5.74, 6) is 0.519. The summed E-state index contributed by atoms with van der Waals surface area (Å²) >= 11 is 0. The van der Waals surface area contributed by atoms with Crippen LogP contribution in [0.5, 0.6) is 0 Å². The van der Waals surface area contributed by atoms with Gasteiger partial charge >= 0.3 is 0 Å². The molecular weight excluding hydrogens is 257 g/mol. The molecule has 1 heterocycles. The predicted octanol–water partition coefficient (Wildman–Crippen LogP) is 3.26. The van der Waals surface area contributed by atoms with Gasteiger partial charge in [-0.15, -0.1) is 0 Å². The zero-order valence-corrected chi connectivity index (χ0v) is 12.1. The van der Waals surface area contributed by atoms with Gasteiger partial charge in [-0.2, -0.15) is 0 Å². The van der Waals surface area contributed by atoms with Crippen LogP contribution < -0.4 is 0 Å². The van der Waals surface area contributed by atoms with E-state index in [1.54, 1.807) is 26.2 Å². The summed E-state index contributed by atoms with van der Waals surface area (Å²) < 4.78 is 18.2. The zero-order chi connectivity index (χ0) is 14.7. The maximum absolute atomic E-state index is 12.9. The van der Waals surface area contributed by atoms with Gasteiger partial charge in [0.05, 0.1) is 12.7 Å². The molecule has 108 valence electrons. The molecular formula is C16H20FNO2. The first-order valence-corrected chi connectivity index (χ1v) is 6.86. The fourth-order valence-corrected chi connectivity index (χ4v) is 2.57. The Labute approximate surface area is 119 Å². The lowest BCUT2D eigenvalue weighted by Crippen LogP contribution is -2.43. The Bertz CT molecular complexity index is 522. The average Bonchev–Trinajstić information content (AvgIpc) is 2.46. The number of hydrogen-bond acceptors (Lipinski definition) is 2. The number of halogens is 1. The number of carbonyl (C=O) groups excluding carboxylic acids is 1. The van der Waals surface area contributed by atoms with Crippen LogP contribution in [0.2, 0.25) is 0 Å². The topological polar surface area (TPSA) is 29.5 Å². The number of methoxy groups -OCH3 is 1. The van der Waals surface area contributed by atoms with Crippen molar-refractivity contribution in [1.82, 2.24) is 4.90 Å². The third-order valence-electron chi connectivity index (χ3n) is 3.85. The fourth-order valence-electron chi connectivity index (χ4n) is 2.57. The molecule has 1 aromatic carbocycles. The van der Waals surface area contributed by atoms with Gasteiger partial charge in [0.1, 0.15) is 11.6 Å². The van der Waals surface area contributed by atoms with Gasteiger partial charge in [-0.3, -0.25) is 4.79 Å². The maximum Gasteiger partial charge on any atom is 0.253 e. The molecule has 0 saturated heterocycles. The molecule has 0 radical (unpaired) electrons. The lowest BCUT2D eigenvalue weighted by molar-refractivity contribution is -0.131. The summed E-state index contributed by atoms with van der Waals surface area (Å²) in [6, 6.07) is 6.42. The minimum absolute atomic E-state index is 0.00396. The van der Waals surface area contributed by atoms with E-state index in [1.807, 2.05) is 4.90 Å². The quantitative estimate of drug-likeness (QED) is 0.845. The molecule has 0 aromatic heterocycles. The molecule has 0 fully saturated rings. The molecule has 1 amide bonds. The minimum atomic E-state index is -0.261. The third-order valence-corrected chi connectivity index (χ3v) is 3.85. The van der Waals surface area contributed by atoms with E-state index in [9.17, 15) is 9.18 Å². The van der Waals surface area contributed by atoms with Gasteiger partial charge in [0, 0.05) is 19.0 Å². The van der Waals surface area contributed by atoms with Gasteiger partial charge in [-0.25, -0.2) is 4.39 Å². The second kappa shape index (κ2) is 6.07. The number of carbonyl (C=O) groups is 1. The second-order valence-electron chi connectivity index (χ2n) is 5.08. The van der Waals surface area contributed by atoms with Crippen LogP contribution in [0.25, 0.3) is 0 Å². The maximum atomic E-state index is 12.9. The molecule has 1 aliphatic rings. The molecule has 0 aliphatic carbocycles. The lowest BCUT2D eigenvalue weighted by atomic mass is 9.98. The lowest BCUT2D eigenvalue weighted by Gasteiger charge is -2.36. The Kier molecular flexibility index (Phi) is 4.42. The molecule has 3 nitrogen and oxygen atoms in total. The van der Waals surface area contributed by atoms with Crippen molar-refractivity contribution in [3.8, 4) is 0 Å². The van der Waals surface area contributed by atoms with Crippen molar-refractivity contribution in [2.75, 3.05) is 7.11 Å². The summed E-state index contributed by atoms with van der Waals surface area (Å²) in [5, 5.41) is 0. The molecule has 1 atom stereocenters. The summed E-state index contributed by atoms with van der Waals surface area (Å²) in [7, 11) is 1.61.